The van der Waals surface area contributed by atoms with Crippen molar-refractivity contribution in [2.45, 2.75) is 6.10 Å². The van der Waals surface area contributed by atoms with Crippen LogP contribution < -0.4 is 4.74 Å². The molecule has 0 saturated heterocycles. The number of rotatable bonds is 5. The molecule has 1 unspecified atom stereocenters. The smallest absolute Gasteiger partial charge is 0.193 e. The first kappa shape index (κ1) is 16.8. The minimum absolute atomic E-state index is 0.0859. The van der Waals surface area contributed by atoms with Crippen LogP contribution in [0.15, 0.2) is 67.0 Å². The van der Waals surface area contributed by atoms with Gasteiger partial charge in [-0.3, -0.25) is 9.78 Å². The van der Waals surface area contributed by atoms with Gasteiger partial charge < -0.3 is 9.84 Å². The molecule has 25 heavy (non-hydrogen) atoms. The molecule has 2 aromatic carbocycles. The average Bonchev–Trinajstić information content (AvgIpc) is 2.67. The summed E-state index contributed by atoms with van der Waals surface area (Å²) in [5.41, 5.74) is 1.46. The van der Waals surface area contributed by atoms with Gasteiger partial charge in [-0.25, -0.2) is 4.39 Å². The van der Waals surface area contributed by atoms with E-state index >= 15 is 0 Å². The van der Waals surface area contributed by atoms with Crippen molar-refractivity contribution >= 4 is 5.78 Å². The number of hydrogen-bond donors (Lipinski definition) is 1. The van der Waals surface area contributed by atoms with Gasteiger partial charge in [0.15, 0.2) is 17.3 Å². The summed E-state index contributed by atoms with van der Waals surface area (Å²) in [6.45, 7) is 0. The highest BCUT2D eigenvalue weighted by Gasteiger charge is 2.21. The van der Waals surface area contributed by atoms with Crippen molar-refractivity contribution in [3.63, 3.8) is 0 Å². The fraction of sp³-hybridized carbons (Fsp3) is 0.100. The fourth-order valence-electron chi connectivity index (χ4n) is 2.61. The maximum atomic E-state index is 13.9. The van der Waals surface area contributed by atoms with E-state index in [1.54, 1.807) is 36.4 Å². The van der Waals surface area contributed by atoms with E-state index < -0.39 is 11.9 Å². The van der Waals surface area contributed by atoms with Gasteiger partial charge in [-0.15, -0.1) is 0 Å². The lowest BCUT2D eigenvalue weighted by Crippen LogP contribution is -2.10. The highest BCUT2D eigenvalue weighted by molar-refractivity contribution is 6.09. The van der Waals surface area contributed by atoms with Crippen molar-refractivity contribution in [1.82, 2.24) is 4.98 Å². The Hall–Kier alpha value is -3.05. The summed E-state index contributed by atoms with van der Waals surface area (Å²) in [4.78, 5) is 16.7. The van der Waals surface area contributed by atoms with Crippen molar-refractivity contribution in [3.05, 3.63) is 95.1 Å². The third-order valence-corrected chi connectivity index (χ3v) is 3.92. The van der Waals surface area contributed by atoms with Gasteiger partial charge in [-0.2, -0.15) is 0 Å². The molecule has 0 aliphatic rings. The molecule has 0 aliphatic carbocycles. The number of aliphatic hydroxyl groups is 1. The molecule has 3 rings (SSSR count). The summed E-state index contributed by atoms with van der Waals surface area (Å²) in [5.74, 6) is -0.729. The first-order chi connectivity index (χ1) is 12.1. The first-order valence-electron chi connectivity index (χ1n) is 7.67. The van der Waals surface area contributed by atoms with Gasteiger partial charge in [-0.1, -0.05) is 36.4 Å². The van der Waals surface area contributed by atoms with Gasteiger partial charge in [0.25, 0.3) is 0 Å². The van der Waals surface area contributed by atoms with Crippen LogP contribution in [0, 0.1) is 5.82 Å². The first-order valence-corrected chi connectivity index (χ1v) is 7.67. The molecule has 0 saturated carbocycles. The minimum atomic E-state index is -1.18. The number of ketones is 1. The number of nitrogens with zero attached hydrogens (tertiary/aromatic N) is 1. The summed E-state index contributed by atoms with van der Waals surface area (Å²) in [6, 6.07) is 14.5. The number of aromatic nitrogens is 1. The predicted octanol–water partition coefficient (Wildman–Crippen LogP) is 3.54. The summed E-state index contributed by atoms with van der Waals surface area (Å²) >= 11 is 0. The number of methoxy groups -OCH3 is 1. The number of hydrogen-bond acceptors (Lipinski definition) is 4. The Balaban J connectivity index is 2.00. The lowest BCUT2D eigenvalue weighted by atomic mass is 9.94. The second-order valence-electron chi connectivity index (χ2n) is 5.45. The molecule has 126 valence electrons. The molecule has 0 aliphatic heterocycles. The van der Waals surface area contributed by atoms with Crippen molar-refractivity contribution in [3.8, 4) is 5.75 Å². The molecular weight excluding hydrogens is 321 g/mol. The Labute approximate surface area is 144 Å². The zero-order valence-electron chi connectivity index (χ0n) is 13.5. The summed E-state index contributed by atoms with van der Waals surface area (Å²) < 4.78 is 18.8. The second kappa shape index (κ2) is 7.23. The zero-order valence-corrected chi connectivity index (χ0v) is 13.5. The van der Waals surface area contributed by atoms with Gasteiger partial charge in [0.1, 0.15) is 6.10 Å². The predicted molar refractivity (Wildman–Crippen MR) is 91.1 cm³/mol. The number of halogens is 1. The molecule has 3 aromatic rings. The third kappa shape index (κ3) is 3.41. The van der Waals surface area contributed by atoms with E-state index in [1.165, 1.54) is 31.6 Å². The molecule has 1 N–H and O–H groups in total. The largest absolute Gasteiger partial charge is 0.494 e. The van der Waals surface area contributed by atoms with Crippen molar-refractivity contribution in [2.24, 2.45) is 0 Å². The molecular formula is C20H16FNO3. The summed E-state index contributed by atoms with van der Waals surface area (Å²) in [6.07, 6.45) is 1.72. The maximum Gasteiger partial charge on any atom is 0.193 e. The number of benzene rings is 2. The molecule has 4 nitrogen and oxygen atoms in total. The lowest BCUT2D eigenvalue weighted by Gasteiger charge is -2.15. The monoisotopic (exact) mass is 337 g/mol. The van der Waals surface area contributed by atoms with Crippen LogP contribution in [-0.2, 0) is 0 Å². The van der Waals surface area contributed by atoms with Gasteiger partial charge in [0.05, 0.1) is 7.11 Å². The van der Waals surface area contributed by atoms with Gasteiger partial charge in [-0.05, 0) is 23.8 Å². The molecule has 0 amide bonds. The van der Waals surface area contributed by atoms with E-state index in [4.69, 9.17) is 4.74 Å². The van der Waals surface area contributed by atoms with Crippen LogP contribution >= 0.6 is 0 Å². The Morgan fingerprint density at radius 2 is 1.92 bits per heavy atom. The van der Waals surface area contributed by atoms with E-state index in [1.807, 2.05) is 6.07 Å². The summed E-state index contributed by atoms with van der Waals surface area (Å²) in [7, 11) is 1.37. The van der Waals surface area contributed by atoms with Crippen LogP contribution in [0.3, 0.4) is 0 Å². The van der Waals surface area contributed by atoms with Crippen LogP contribution in [0.5, 0.6) is 5.75 Å². The SMILES string of the molecule is COc1ccc(C(O)c2cnccc2C(=O)c2ccccc2)cc1F. The van der Waals surface area contributed by atoms with Gasteiger partial charge in [0, 0.05) is 29.1 Å². The van der Waals surface area contributed by atoms with Crippen LogP contribution in [0.2, 0.25) is 0 Å². The fourth-order valence-corrected chi connectivity index (χ4v) is 2.61. The molecule has 0 radical (unpaired) electrons. The molecule has 5 heteroatoms. The number of carbonyl (C=O) groups excluding carboxylic acids is 1. The van der Waals surface area contributed by atoms with Crippen LogP contribution in [0.1, 0.15) is 33.2 Å². The van der Waals surface area contributed by atoms with E-state index in [9.17, 15) is 14.3 Å². The number of ether oxygens (including phenoxy) is 1. The molecule has 0 spiro atoms. The Bertz CT molecular complexity index is 896. The van der Waals surface area contributed by atoms with E-state index in [-0.39, 0.29) is 11.5 Å². The summed E-state index contributed by atoms with van der Waals surface area (Å²) in [5, 5.41) is 10.7. The van der Waals surface area contributed by atoms with Gasteiger partial charge >= 0.3 is 0 Å². The van der Waals surface area contributed by atoms with Crippen LogP contribution in [0.4, 0.5) is 4.39 Å². The van der Waals surface area contributed by atoms with E-state index in [0.717, 1.165) is 0 Å². The van der Waals surface area contributed by atoms with Crippen molar-refractivity contribution in [1.29, 1.82) is 0 Å². The molecule has 0 fully saturated rings. The molecule has 1 aromatic heterocycles. The maximum absolute atomic E-state index is 13.9. The number of carbonyl (C=O) groups is 1. The highest BCUT2D eigenvalue weighted by Crippen LogP contribution is 2.28. The van der Waals surface area contributed by atoms with Crippen LogP contribution in [-0.4, -0.2) is 23.0 Å². The second-order valence-corrected chi connectivity index (χ2v) is 5.45. The quantitative estimate of drug-likeness (QED) is 0.724. The van der Waals surface area contributed by atoms with Crippen molar-refractivity contribution < 1.29 is 19.0 Å². The Morgan fingerprint density at radius 1 is 1.16 bits per heavy atom. The van der Waals surface area contributed by atoms with E-state index in [0.29, 0.717) is 22.3 Å². The van der Waals surface area contributed by atoms with E-state index in [2.05, 4.69) is 4.98 Å². The lowest BCUT2D eigenvalue weighted by molar-refractivity contribution is 0.103. The van der Waals surface area contributed by atoms with Crippen LogP contribution in [0.25, 0.3) is 0 Å². The van der Waals surface area contributed by atoms with Gasteiger partial charge in [0.2, 0.25) is 0 Å². The normalized spacial score (nSPS) is 11.8. The minimum Gasteiger partial charge on any atom is -0.494 e. The van der Waals surface area contributed by atoms with Crippen molar-refractivity contribution in [2.75, 3.05) is 7.11 Å². The molecule has 0 bridgehead atoms. The Morgan fingerprint density at radius 3 is 2.60 bits per heavy atom. The zero-order chi connectivity index (χ0) is 17.8. The topological polar surface area (TPSA) is 59.4 Å². The standard InChI is InChI=1S/C20H16FNO3/c1-25-18-8-7-14(11-17(18)21)20(24)16-12-22-10-9-15(16)19(23)13-5-3-2-4-6-13/h2-12,20,24H,1H3. The third-order valence-electron chi connectivity index (χ3n) is 3.92. The molecule has 1 atom stereocenters. The number of aliphatic hydroxyl groups excluding tert-OH is 1. The Kier molecular flexibility index (Phi) is 4.86. The number of pyridine rings is 1. The molecule has 1 heterocycles. The highest BCUT2D eigenvalue weighted by atomic mass is 19.1. The average molecular weight is 337 g/mol.